The van der Waals surface area contributed by atoms with E-state index in [1.807, 2.05) is 6.07 Å². The zero-order valence-electron chi connectivity index (χ0n) is 7.82. The normalized spacial score (nSPS) is 24.0. The van der Waals surface area contributed by atoms with Gasteiger partial charge in [-0.2, -0.15) is 5.10 Å². The summed E-state index contributed by atoms with van der Waals surface area (Å²) in [5.74, 6) is 0. The van der Waals surface area contributed by atoms with Crippen LogP contribution in [0.2, 0.25) is 0 Å². The van der Waals surface area contributed by atoms with Gasteiger partial charge < -0.3 is 5.11 Å². The van der Waals surface area contributed by atoms with Crippen LogP contribution in [0.25, 0.3) is 0 Å². The number of nitrogens with one attached hydrogen (secondary N) is 1. The Kier molecular flexibility index (Phi) is 2.33. The Labute approximate surface area is 77.6 Å². The highest BCUT2D eigenvalue weighted by Gasteiger charge is 2.24. The summed E-state index contributed by atoms with van der Waals surface area (Å²) in [5.41, 5.74) is 1.86. The van der Waals surface area contributed by atoms with Crippen molar-refractivity contribution >= 4 is 0 Å². The molecule has 0 aromatic carbocycles. The zero-order chi connectivity index (χ0) is 9.26. The van der Waals surface area contributed by atoms with E-state index in [2.05, 4.69) is 22.1 Å². The number of likely N-dealkylation sites (tertiary alicyclic amines) is 1. The maximum atomic E-state index is 8.87. The molecule has 2 rings (SSSR count). The number of H-pyrrole nitrogens is 1. The molecule has 2 heterocycles. The van der Waals surface area contributed by atoms with Gasteiger partial charge in [-0.25, -0.2) is 0 Å². The van der Waals surface area contributed by atoms with Gasteiger partial charge in [0.05, 0.1) is 24.0 Å². The Morgan fingerprint density at radius 2 is 2.62 bits per heavy atom. The molecular formula is C9H15N3O. The van der Waals surface area contributed by atoms with E-state index in [1.165, 1.54) is 12.8 Å². The van der Waals surface area contributed by atoms with Crippen molar-refractivity contribution in [3.63, 3.8) is 0 Å². The second-order valence-electron chi connectivity index (χ2n) is 3.61. The predicted octanol–water partition coefficient (Wildman–Crippen LogP) is 0.669. The number of aliphatic hydroxyl groups excluding tert-OH is 1. The lowest BCUT2D eigenvalue weighted by Crippen LogP contribution is -2.17. The lowest BCUT2D eigenvalue weighted by atomic mass is 10.1. The molecule has 4 heteroatoms. The van der Waals surface area contributed by atoms with Crippen LogP contribution in [-0.2, 0) is 6.61 Å². The molecule has 1 fully saturated rings. The van der Waals surface area contributed by atoms with Crippen LogP contribution in [0.5, 0.6) is 0 Å². The minimum atomic E-state index is 0.0451. The van der Waals surface area contributed by atoms with Gasteiger partial charge in [0.1, 0.15) is 0 Å². The van der Waals surface area contributed by atoms with Gasteiger partial charge in [-0.05, 0) is 32.5 Å². The van der Waals surface area contributed by atoms with Crippen LogP contribution in [0.15, 0.2) is 6.07 Å². The molecule has 0 bridgehead atoms. The van der Waals surface area contributed by atoms with Crippen LogP contribution in [0.4, 0.5) is 0 Å². The van der Waals surface area contributed by atoms with Gasteiger partial charge in [0.2, 0.25) is 0 Å². The first-order chi connectivity index (χ1) is 6.31. The fourth-order valence-corrected chi connectivity index (χ4v) is 1.92. The van der Waals surface area contributed by atoms with E-state index < -0.39 is 0 Å². The summed E-state index contributed by atoms with van der Waals surface area (Å²) in [4.78, 5) is 2.30. The van der Waals surface area contributed by atoms with Crippen molar-refractivity contribution in [1.29, 1.82) is 0 Å². The quantitative estimate of drug-likeness (QED) is 0.705. The Morgan fingerprint density at radius 3 is 3.15 bits per heavy atom. The Morgan fingerprint density at radius 1 is 1.77 bits per heavy atom. The van der Waals surface area contributed by atoms with Crippen molar-refractivity contribution < 1.29 is 5.11 Å². The summed E-state index contributed by atoms with van der Waals surface area (Å²) in [6, 6.07) is 2.39. The molecule has 4 nitrogen and oxygen atoms in total. The molecule has 1 aliphatic heterocycles. The average molecular weight is 181 g/mol. The zero-order valence-corrected chi connectivity index (χ0v) is 7.82. The van der Waals surface area contributed by atoms with E-state index in [0.29, 0.717) is 6.04 Å². The number of nitrogens with zero attached hydrogens (tertiary/aromatic N) is 2. The average Bonchev–Trinajstić information content (AvgIpc) is 2.71. The van der Waals surface area contributed by atoms with Crippen LogP contribution < -0.4 is 0 Å². The Hall–Kier alpha value is -0.870. The van der Waals surface area contributed by atoms with Crippen molar-refractivity contribution in [1.82, 2.24) is 15.1 Å². The van der Waals surface area contributed by atoms with Crippen LogP contribution in [0, 0.1) is 0 Å². The fraction of sp³-hybridized carbons (Fsp3) is 0.667. The summed E-state index contributed by atoms with van der Waals surface area (Å²) < 4.78 is 0. The highest BCUT2D eigenvalue weighted by Crippen LogP contribution is 2.28. The molecule has 2 N–H and O–H groups in total. The number of hydrogen-bond donors (Lipinski definition) is 2. The molecule has 1 aliphatic rings. The van der Waals surface area contributed by atoms with Gasteiger partial charge >= 0.3 is 0 Å². The van der Waals surface area contributed by atoms with Crippen LogP contribution in [0.3, 0.4) is 0 Å². The van der Waals surface area contributed by atoms with Gasteiger partial charge in [-0.1, -0.05) is 0 Å². The number of aliphatic hydroxyl groups is 1. The minimum absolute atomic E-state index is 0.0451. The SMILES string of the molecule is CN1CCCC1c1cc(CO)[nH]n1. The molecule has 1 atom stereocenters. The molecule has 0 saturated carbocycles. The molecule has 1 unspecified atom stereocenters. The summed E-state index contributed by atoms with van der Waals surface area (Å²) in [7, 11) is 2.12. The van der Waals surface area contributed by atoms with E-state index in [-0.39, 0.29) is 6.61 Å². The topological polar surface area (TPSA) is 52.1 Å². The maximum absolute atomic E-state index is 8.87. The van der Waals surface area contributed by atoms with E-state index in [9.17, 15) is 0 Å². The lowest BCUT2D eigenvalue weighted by Gasteiger charge is -2.16. The van der Waals surface area contributed by atoms with Gasteiger partial charge in [-0.3, -0.25) is 10.00 Å². The lowest BCUT2D eigenvalue weighted by molar-refractivity contribution is 0.276. The highest BCUT2D eigenvalue weighted by atomic mass is 16.3. The standard InChI is InChI=1S/C9H15N3O/c1-12-4-2-3-9(12)8-5-7(6-13)10-11-8/h5,9,13H,2-4,6H2,1H3,(H,10,11). The summed E-state index contributed by atoms with van der Waals surface area (Å²) >= 11 is 0. The maximum Gasteiger partial charge on any atom is 0.0847 e. The molecule has 0 radical (unpaired) electrons. The Balaban J connectivity index is 2.15. The molecular weight excluding hydrogens is 166 g/mol. The van der Waals surface area contributed by atoms with E-state index in [4.69, 9.17) is 5.11 Å². The molecule has 13 heavy (non-hydrogen) atoms. The number of aromatic amines is 1. The van der Waals surface area contributed by atoms with Crippen LogP contribution >= 0.6 is 0 Å². The van der Waals surface area contributed by atoms with Crippen LogP contribution in [-0.4, -0.2) is 33.8 Å². The van der Waals surface area contributed by atoms with Crippen molar-refractivity contribution in [2.75, 3.05) is 13.6 Å². The van der Waals surface area contributed by atoms with Crippen LogP contribution in [0.1, 0.15) is 30.3 Å². The molecule has 1 saturated heterocycles. The molecule has 72 valence electrons. The van der Waals surface area contributed by atoms with Crippen molar-refractivity contribution in [2.24, 2.45) is 0 Å². The number of aromatic nitrogens is 2. The first-order valence-corrected chi connectivity index (χ1v) is 4.66. The van der Waals surface area contributed by atoms with Crippen molar-refractivity contribution in [2.45, 2.75) is 25.5 Å². The van der Waals surface area contributed by atoms with E-state index in [1.54, 1.807) is 0 Å². The van der Waals surface area contributed by atoms with Gasteiger partial charge in [-0.15, -0.1) is 0 Å². The van der Waals surface area contributed by atoms with Gasteiger partial charge in [0.25, 0.3) is 0 Å². The Bertz CT molecular complexity index is 284. The number of hydrogen-bond acceptors (Lipinski definition) is 3. The predicted molar refractivity (Wildman–Crippen MR) is 49.1 cm³/mol. The summed E-state index contributed by atoms with van der Waals surface area (Å²) in [6.45, 7) is 1.19. The van der Waals surface area contributed by atoms with Gasteiger partial charge in [0, 0.05) is 0 Å². The van der Waals surface area contributed by atoms with E-state index >= 15 is 0 Å². The van der Waals surface area contributed by atoms with Crippen molar-refractivity contribution in [3.05, 3.63) is 17.5 Å². The molecule has 1 aromatic heterocycles. The third-order valence-corrected chi connectivity index (χ3v) is 2.68. The smallest absolute Gasteiger partial charge is 0.0847 e. The summed E-state index contributed by atoms with van der Waals surface area (Å²) in [5, 5.41) is 15.9. The first kappa shape index (κ1) is 8.72. The van der Waals surface area contributed by atoms with Gasteiger partial charge in [0.15, 0.2) is 0 Å². The third kappa shape index (κ3) is 1.59. The first-order valence-electron chi connectivity index (χ1n) is 4.66. The van der Waals surface area contributed by atoms with E-state index in [0.717, 1.165) is 17.9 Å². The largest absolute Gasteiger partial charge is 0.390 e. The third-order valence-electron chi connectivity index (χ3n) is 2.68. The monoisotopic (exact) mass is 181 g/mol. The molecule has 0 aliphatic carbocycles. The molecule has 0 amide bonds. The molecule has 0 spiro atoms. The minimum Gasteiger partial charge on any atom is -0.390 e. The highest BCUT2D eigenvalue weighted by molar-refractivity contribution is 5.13. The fourth-order valence-electron chi connectivity index (χ4n) is 1.92. The van der Waals surface area contributed by atoms with Crippen molar-refractivity contribution in [3.8, 4) is 0 Å². The second-order valence-corrected chi connectivity index (χ2v) is 3.61. The number of rotatable bonds is 2. The molecule has 1 aromatic rings. The second kappa shape index (κ2) is 3.47. The summed E-state index contributed by atoms with van der Waals surface area (Å²) in [6.07, 6.45) is 2.41.